The van der Waals surface area contributed by atoms with Gasteiger partial charge in [0.25, 0.3) is 0 Å². The van der Waals surface area contributed by atoms with Crippen LogP contribution in [-0.2, 0) is 11.3 Å². The largest absolute Gasteiger partial charge is 0.492 e. The van der Waals surface area contributed by atoms with E-state index in [0.717, 1.165) is 70.5 Å². The Hall–Kier alpha value is -1.32. The first-order valence-electron chi connectivity index (χ1n) is 9.77. The summed E-state index contributed by atoms with van der Waals surface area (Å²) in [4.78, 5) is 8.89. The smallest absolute Gasteiger partial charge is 0.193 e. The number of halogens is 1. The first-order chi connectivity index (χ1) is 13.2. The maximum atomic E-state index is 5.94. The van der Waals surface area contributed by atoms with Crippen LogP contribution in [-0.4, -0.2) is 75.9 Å². The monoisotopic (exact) mass is 502 g/mol. The van der Waals surface area contributed by atoms with E-state index in [1.165, 1.54) is 5.56 Å². The number of nitrogens with one attached hydrogen (secondary N) is 1. The lowest BCUT2D eigenvalue weighted by molar-refractivity contribution is 0.0322. The molecular formula is C21H35IN4O2. The molecule has 2 rings (SSSR count). The molecule has 6 nitrogen and oxygen atoms in total. The highest BCUT2D eigenvalue weighted by molar-refractivity contribution is 14.0. The van der Waals surface area contributed by atoms with Gasteiger partial charge in [-0.05, 0) is 30.5 Å². The predicted molar refractivity (Wildman–Crippen MR) is 127 cm³/mol. The highest BCUT2D eigenvalue weighted by Gasteiger charge is 2.10. The number of guanidine groups is 1. The van der Waals surface area contributed by atoms with E-state index >= 15 is 0 Å². The number of hydrogen-bond acceptors (Lipinski definition) is 4. The van der Waals surface area contributed by atoms with Crippen molar-refractivity contribution < 1.29 is 9.47 Å². The second kappa shape index (κ2) is 14.6. The second-order valence-electron chi connectivity index (χ2n) is 6.70. The second-order valence-corrected chi connectivity index (χ2v) is 6.70. The van der Waals surface area contributed by atoms with Gasteiger partial charge in [-0.2, -0.15) is 0 Å². The maximum Gasteiger partial charge on any atom is 0.193 e. The van der Waals surface area contributed by atoms with Gasteiger partial charge in [-0.15, -0.1) is 30.6 Å². The number of morpholine rings is 1. The van der Waals surface area contributed by atoms with Crippen LogP contribution in [0.25, 0.3) is 0 Å². The van der Waals surface area contributed by atoms with Crippen LogP contribution in [0.15, 0.2) is 41.9 Å². The van der Waals surface area contributed by atoms with Crippen molar-refractivity contribution in [2.45, 2.75) is 19.4 Å². The topological polar surface area (TPSA) is 49.3 Å². The Labute approximate surface area is 187 Å². The fourth-order valence-corrected chi connectivity index (χ4v) is 3.01. The Morgan fingerprint density at radius 3 is 2.89 bits per heavy atom. The summed E-state index contributed by atoms with van der Waals surface area (Å²) in [6.07, 6.45) is 4.05. The van der Waals surface area contributed by atoms with Gasteiger partial charge in [-0.1, -0.05) is 18.2 Å². The molecule has 1 fully saturated rings. The number of allylic oxidation sites excluding steroid dienone is 1. The molecule has 1 N–H and O–H groups in total. The summed E-state index contributed by atoms with van der Waals surface area (Å²) in [6, 6.07) is 8.25. The molecule has 7 heteroatoms. The van der Waals surface area contributed by atoms with Crippen LogP contribution in [0.3, 0.4) is 0 Å². The zero-order valence-corrected chi connectivity index (χ0v) is 19.6. The van der Waals surface area contributed by atoms with E-state index in [0.29, 0.717) is 6.61 Å². The van der Waals surface area contributed by atoms with E-state index in [2.05, 4.69) is 45.9 Å². The van der Waals surface area contributed by atoms with Crippen LogP contribution in [0, 0.1) is 0 Å². The highest BCUT2D eigenvalue weighted by atomic mass is 127. The van der Waals surface area contributed by atoms with E-state index in [1.807, 2.05) is 25.3 Å². The molecule has 0 bridgehead atoms. The molecule has 0 atom stereocenters. The summed E-state index contributed by atoms with van der Waals surface area (Å²) in [6.45, 7) is 10.7. The Morgan fingerprint density at radius 2 is 2.18 bits per heavy atom. The number of rotatable bonds is 10. The van der Waals surface area contributed by atoms with Crippen LogP contribution < -0.4 is 10.1 Å². The van der Waals surface area contributed by atoms with Crippen molar-refractivity contribution in [3.05, 3.63) is 42.5 Å². The normalized spacial score (nSPS) is 14.9. The van der Waals surface area contributed by atoms with Crippen LogP contribution in [0.5, 0.6) is 5.75 Å². The molecule has 1 aromatic rings. The zero-order chi connectivity index (χ0) is 19.3. The molecule has 0 radical (unpaired) electrons. The number of unbranched alkanes of at least 4 members (excludes halogenated alkanes) is 1. The molecular weight excluding hydrogens is 467 g/mol. The van der Waals surface area contributed by atoms with Gasteiger partial charge < -0.3 is 19.7 Å². The van der Waals surface area contributed by atoms with Crippen molar-refractivity contribution in [2.24, 2.45) is 4.99 Å². The van der Waals surface area contributed by atoms with Gasteiger partial charge in [0.05, 0.1) is 13.2 Å². The van der Waals surface area contributed by atoms with Crippen molar-refractivity contribution >= 4 is 29.9 Å². The number of hydrogen-bond donors (Lipinski definition) is 1. The van der Waals surface area contributed by atoms with Gasteiger partial charge in [0.2, 0.25) is 0 Å². The van der Waals surface area contributed by atoms with Crippen molar-refractivity contribution in [3.63, 3.8) is 0 Å². The number of aliphatic imine (C=N–C) groups is 1. The SMILES string of the molecule is C=CCCCN(C)C(=NC)NCc1cccc(OCCN2CCOCC2)c1.I. The molecule has 0 amide bonds. The first-order valence-corrected chi connectivity index (χ1v) is 9.77. The van der Waals surface area contributed by atoms with E-state index in [-0.39, 0.29) is 24.0 Å². The third kappa shape index (κ3) is 9.25. The minimum Gasteiger partial charge on any atom is -0.492 e. The Bertz CT molecular complexity index is 592. The van der Waals surface area contributed by atoms with Gasteiger partial charge >= 0.3 is 0 Å². The standard InChI is InChI=1S/C21H34N4O2.HI/c1-4-5-6-10-24(3)21(22-2)23-18-19-8-7-9-20(17-19)27-16-13-25-11-14-26-15-12-25;/h4,7-9,17H,1,5-6,10-16,18H2,2-3H3,(H,22,23);1H. The van der Waals surface area contributed by atoms with Crippen molar-refractivity contribution in [2.75, 3.05) is 60.1 Å². The molecule has 1 aromatic carbocycles. The lowest BCUT2D eigenvalue weighted by atomic mass is 10.2. The Balaban J connectivity index is 0.00000392. The lowest BCUT2D eigenvalue weighted by Crippen LogP contribution is -2.39. The van der Waals surface area contributed by atoms with Gasteiger partial charge in [0, 0.05) is 46.8 Å². The van der Waals surface area contributed by atoms with Crippen LogP contribution in [0.4, 0.5) is 0 Å². The minimum atomic E-state index is 0. The summed E-state index contributed by atoms with van der Waals surface area (Å²) in [5, 5.41) is 3.42. The lowest BCUT2D eigenvalue weighted by Gasteiger charge is -2.26. The van der Waals surface area contributed by atoms with Crippen LogP contribution >= 0.6 is 24.0 Å². The van der Waals surface area contributed by atoms with Crippen molar-refractivity contribution in [3.8, 4) is 5.75 Å². The molecule has 28 heavy (non-hydrogen) atoms. The Morgan fingerprint density at radius 1 is 1.39 bits per heavy atom. The fourth-order valence-electron chi connectivity index (χ4n) is 3.01. The third-order valence-corrected chi connectivity index (χ3v) is 4.60. The third-order valence-electron chi connectivity index (χ3n) is 4.60. The molecule has 0 saturated carbocycles. The number of ether oxygens (including phenoxy) is 2. The summed E-state index contributed by atoms with van der Waals surface area (Å²) in [5.74, 6) is 1.81. The molecule has 1 heterocycles. The van der Waals surface area contributed by atoms with Gasteiger partial charge in [-0.3, -0.25) is 9.89 Å². The van der Waals surface area contributed by atoms with Gasteiger partial charge in [-0.25, -0.2) is 0 Å². The molecule has 1 aliphatic heterocycles. The first kappa shape index (κ1) is 24.7. The number of nitrogens with zero attached hydrogens (tertiary/aromatic N) is 3. The molecule has 158 valence electrons. The van der Waals surface area contributed by atoms with E-state index < -0.39 is 0 Å². The van der Waals surface area contributed by atoms with Crippen molar-refractivity contribution in [1.29, 1.82) is 0 Å². The van der Waals surface area contributed by atoms with Gasteiger partial charge in [0.1, 0.15) is 12.4 Å². The maximum absolute atomic E-state index is 5.94. The van der Waals surface area contributed by atoms with E-state index in [4.69, 9.17) is 9.47 Å². The summed E-state index contributed by atoms with van der Waals surface area (Å²) >= 11 is 0. The van der Waals surface area contributed by atoms with E-state index in [1.54, 1.807) is 0 Å². The summed E-state index contributed by atoms with van der Waals surface area (Å²) < 4.78 is 11.3. The average Bonchev–Trinajstić information content (AvgIpc) is 2.70. The zero-order valence-electron chi connectivity index (χ0n) is 17.2. The van der Waals surface area contributed by atoms with Crippen molar-refractivity contribution in [1.82, 2.24) is 15.1 Å². The van der Waals surface area contributed by atoms with Crippen LogP contribution in [0.1, 0.15) is 18.4 Å². The highest BCUT2D eigenvalue weighted by Crippen LogP contribution is 2.13. The molecule has 1 saturated heterocycles. The molecule has 0 aromatic heterocycles. The van der Waals surface area contributed by atoms with E-state index in [9.17, 15) is 0 Å². The molecule has 0 spiro atoms. The fraction of sp³-hybridized carbons (Fsp3) is 0.571. The summed E-state index contributed by atoms with van der Waals surface area (Å²) in [7, 11) is 3.88. The minimum absolute atomic E-state index is 0. The molecule has 0 unspecified atom stereocenters. The quantitative estimate of drug-likeness (QED) is 0.175. The average molecular weight is 502 g/mol. The Kier molecular flexibility index (Phi) is 12.9. The number of benzene rings is 1. The summed E-state index contributed by atoms with van der Waals surface area (Å²) in [5.41, 5.74) is 1.18. The predicted octanol–water partition coefficient (Wildman–Crippen LogP) is 2.99. The molecule has 1 aliphatic rings. The van der Waals surface area contributed by atoms with Crippen LogP contribution in [0.2, 0.25) is 0 Å². The molecule has 0 aliphatic carbocycles. The van der Waals surface area contributed by atoms with Gasteiger partial charge in [0.15, 0.2) is 5.96 Å².